The van der Waals surface area contributed by atoms with E-state index in [2.05, 4.69) is 31.1 Å². The van der Waals surface area contributed by atoms with Crippen molar-refractivity contribution in [2.75, 3.05) is 18.0 Å². The number of hydrogen-bond acceptors (Lipinski definition) is 7. The summed E-state index contributed by atoms with van der Waals surface area (Å²) in [5, 5.41) is 8.36. The van der Waals surface area contributed by atoms with Crippen LogP contribution in [-0.4, -0.2) is 38.2 Å². The lowest BCUT2D eigenvalue weighted by molar-refractivity contribution is 0.573. The first-order valence-electron chi connectivity index (χ1n) is 10.2. The molecule has 0 saturated carbocycles. The fraction of sp³-hybridized carbons (Fsp3) is 0.261. The van der Waals surface area contributed by atoms with Crippen molar-refractivity contribution in [3.63, 3.8) is 0 Å². The van der Waals surface area contributed by atoms with Gasteiger partial charge in [-0.05, 0) is 50.5 Å². The van der Waals surface area contributed by atoms with Gasteiger partial charge in [0, 0.05) is 30.4 Å². The number of rotatable bonds is 4. The first-order valence-corrected chi connectivity index (χ1v) is 10.2. The molecular formula is C23H22N6O. The minimum Gasteiger partial charge on any atom is -0.415 e. The largest absolute Gasteiger partial charge is 0.415 e. The van der Waals surface area contributed by atoms with E-state index in [1.165, 1.54) is 19.3 Å². The molecule has 0 spiro atoms. The SMILES string of the molecule is Cc1ncc(-c2ccc(N3CCCCC3)nc2)nc1-c1nnc(-c2ccccc2)o1. The van der Waals surface area contributed by atoms with Crippen LogP contribution in [0.4, 0.5) is 5.82 Å². The monoisotopic (exact) mass is 398 g/mol. The van der Waals surface area contributed by atoms with E-state index in [0.29, 0.717) is 17.5 Å². The van der Waals surface area contributed by atoms with Gasteiger partial charge in [-0.2, -0.15) is 0 Å². The molecule has 4 aromatic rings. The third-order valence-electron chi connectivity index (χ3n) is 5.33. The lowest BCUT2D eigenvalue weighted by atomic mass is 10.1. The number of piperidine rings is 1. The molecule has 7 heteroatoms. The highest BCUT2D eigenvalue weighted by Crippen LogP contribution is 2.27. The van der Waals surface area contributed by atoms with Gasteiger partial charge in [-0.1, -0.05) is 18.2 Å². The van der Waals surface area contributed by atoms with Crippen molar-refractivity contribution in [3.05, 3.63) is 60.6 Å². The maximum atomic E-state index is 5.88. The third-order valence-corrected chi connectivity index (χ3v) is 5.33. The van der Waals surface area contributed by atoms with Crippen molar-refractivity contribution in [1.82, 2.24) is 25.1 Å². The summed E-state index contributed by atoms with van der Waals surface area (Å²) in [4.78, 5) is 16.2. The van der Waals surface area contributed by atoms with Crippen molar-refractivity contribution in [2.24, 2.45) is 0 Å². The van der Waals surface area contributed by atoms with Gasteiger partial charge in [-0.25, -0.2) is 9.97 Å². The van der Waals surface area contributed by atoms with E-state index >= 15 is 0 Å². The molecule has 5 rings (SSSR count). The van der Waals surface area contributed by atoms with Crippen LogP contribution in [0.1, 0.15) is 25.0 Å². The number of hydrogen-bond donors (Lipinski definition) is 0. The Kier molecular flexibility index (Phi) is 4.93. The van der Waals surface area contributed by atoms with Crippen molar-refractivity contribution in [3.8, 4) is 34.3 Å². The lowest BCUT2D eigenvalue weighted by Crippen LogP contribution is -2.29. The smallest absolute Gasteiger partial charge is 0.268 e. The number of anilines is 1. The highest BCUT2D eigenvalue weighted by molar-refractivity contribution is 5.64. The van der Waals surface area contributed by atoms with E-state index in [1.807, 2.05) is 49.5 Å². The molecule has 0 bridgehead atoms. The molecule has 7 nitrogen and oxygen atoms in total. The van der Waals surface area contributed by atoms with Gasteiger partial charge in [0.1, 0.15) is 11.5 Å². The molecule has 1 saturated heterocycles. The Morgan fingerprint density at radius 1 is 0.800 bits per heavy atom. The summed E-state index contributed by atoms with van der Waals surface area (Å²) in [6.07, 6.45) is 7.37. The molecule has 150 valence electrons. The van der Waals surface area contributed by atoms with Crippen LogP contribution in [0.15, 0.2) is 59.3 Å². The molecule has 1 aliphatic heterocycles. The maximum Gasteiger partial charge on any atom is 0.268 e. The second-order valence-corrected chi connectivity index (χ2v) is 7.42. The van der Waals surface area contributed by atoms with Gasteiger partial charge in [0.05, 0.1) is 17.6 Å². The minimum atomic E-state index is 0.360. The van der Waals surface area contributed by atoms with Gasteiger partial charge in [0.25, 0.3) is 5.89 Å². The Morgan fingerprint density at radius 3 is 2.37 bits per heavy atom. The Labute approximate surface area is 174 Å². The standard InChI is InChI=1S/C23H22N6O/c1-16-21(23-28-27-22(30-23)17-8-4-2-5-9-17)26-19(15-24-16)18-10-11-20(25-14-18)29-12-6-3-7-13-29/h2,4-5,8-11,14-15H,3,6-7,12-13H2,1H3. The van der Waals surface area contributed by atoms with E-state index in [0.717, 1.165) is 41.4 Å². The average molecular weight is 398 g/mol. The van der Waals surface area contributed by atoms with Crippen LogP contribution in [-0.2, 0) is 0 Å². The topological polar surface area (TPSA) is 80.8 Å². The van der Waals surface area contributed by atoms with Crippen LogP contribution in [0.3, 0.4) is 0 Å². The number of aromatic nitrogens is 5. The van der Waals surface area contributed by atoms with Crippen LogP contribution in [0.5, 0.6) is 0 Å². The minimum absolute atomic E-state index is 0.360. The summed E-state index contributed by atoms with van der Waals surface area (Å²) in [7, 11) is 0. The molecule has 0 radical (unpaired) electrons. The zero-order chi connectivity index (χ0) is 20.3. The van der Waals surface area contributed by atoms with Crippen LogP contribution >= 0.6 is 0 Å². The first kappa shape index (κ1) is 18.4. The number of aryl methyl sites for hydroxylation is 1. The average Bonchev–Trinajstić information content (AvgIpc) is 3.31. The second kappa shape index (κ2) is 8.02. The molecule has 1 aromatic carbocycles. The van der Waals surface area contributed by atoms with Crippen molar-refractivity contribution in [1.29, 1.82) is 0 Å². The van der Waals surface area contributed by atoms with Gasteiger partial charge >= 0.3 is 0 Å². The molecule has 1 aliphatic rings. The quantitative estimate of drug-likeness (QED) is 0.499. The molecule has 0 amide bonds. The van der Waals surface area contributed by atoms with E-state index in [1.54, 1.807) is 6.20 Å². The number of nitrogens with zero attached hydrogens (tertiary/aromatic N) is 6. The summed E-state index contributed by atoms with van der Waals surface area (Å²) in [5.74, 6) is 1.84. The highest BCUT2D eigenvalue weighted by atomic mass is 16.4. The van der Waals surface area contributed by atoms with E-state index in [4.69, 9.17) is 9.40 Å². The predicted molar refractivity (Wildman–Crippen MR) is 115 cm³/mol. The summed E-state index contributed by atoms with van der Waals surface area (Å²) in [6, 6.07) is 13.8. The third kappa shape index (κ3) is 3.66. The molecule has 0 unspecified atom stereocenters. The van der Waals surface area contributed by atoms with Gasteiger partial charge in [0.2, 0.25) is 5.89 Å². The molecule has 0 N–H and O–H groups in total. The highest BCUT2D eigenvalue weighted by Gasteiger charge is 2.17. The first-order chi connectivity index (χ1) is 14.8. The number of pyridine rings is 1. The summed E-state index contributed by atoms with van der Waals surface area (Å²) < 4.78 is 5.88. The van der Waals surface area contributed by atoms with Crippen molar-refractivity contribution in [2.45, 2.75) is 26.2 Å². The summed E-state index contributed by atoms with van der Waals surface area (Å²) in [5.41, 5.74) is 3.83. The summed E-state index contributed by atoms with van der Waals surface area (Å²) >= 11 is 0. The zero-order valence-corrected chi connectivity index (χ0v) is 16.8. The Hall–Kier alpha value is -3.61. The van der Waals surface area contributed by atoms with E-state index < -0.39 is 0 Å². The van der Waals surface area contributed by atoms with E-state index in [-0.39, 0.29) is 0 Å². The Bertz CT molecular complexity index is 1130. The fourth-order valence-corrected chi connectivity index (χ4v) is 3.65. The maximum absolute atomic E-state index is 5.88. The second-order valence-electron chi connectivity index (χ2n) is 7.42. The van der Waals surface area contributed by atoms with Crippen molar-refractivity contribution < 1.29 is 4.42 Å². The van der Waals surface area contributed by atoms with Crippen LogP contribution < -0.4 is 4.90 Å². The zero-order valence-electron chi connectivity index (χ0n) is 16.8. The lowest BCUT2D eigenvalue weighted by Gasteiger charge is -2.27. The molecule has 0 aliphatic carbocycles. The van der Waals surface area contributed by atoms with Crippen LogP contribution in [0.25, 0.3) is 34.3 Å². The normalized spacial score (nSPS) is 14.1. The number of benzene rings is 1. The molecule has 4 heterocycles. The van der Waals surface area contributed by atoms with Crippen LogP contribution in [0, 0.1) is 6.92 Å². The van der Waals surface area contributed by atoms with Gasteiger partial charge in [0.15, 0.2) is 0 Å². The molecular weight excluding hydrogens is 376 g/mol. The summed E-state index contributed by atoms with van der Waals surface area (Å²) in [6.45, 7) is 4.03. The molecule has 1 fully saturated rings. The van der Waals surface area contributed by atoms with Gasteiger partial charge in [-0.3, -0.25) is 4.98 Å². The van der Waals surface area contributed by atoms with Gasteiger partial charge < -0.3 is 9.32 Å². The Balaban J connectivity index is 1.43. The van der Waals surface area contributed by atoms with Crippen molar-refractivity contribution >= 4 is 5.82 Å². The fourth-order valence-electron chi connectivity index (χ4n) is 3.65. The Morgan fingerprint density at radius 2 is 1.60 bits per heavy atom. The predicted octanol–water partition coefficient (Wildman–Crippen LogP) is 4.55. The van der Waals surface area contributed by atoms with Crippen LogP contribution in [0.2, 0.25) is 0 Å². The molecule has 3 aromatic heterocycles. The molecule has 30 heavy (non-hydrogen) atoms. The van der Waals surface area contributed by atoms with E-state index in [9.17, 15) is 0 Å². The molecule has 0 atom stereocenters. The van der Waals surface area contributed by atoms with Gasteiger partial charge in [-0.15, -0.1) is 10.2 Å².